The molecule has 7 nitrogen and oxygen atoms in total. The zero-order valence-electron chi connectivity index (χ0n) is 18.6. The van der Waals surface area contributed by atoms with Crippen LogP contribution in [0.1, 0.15) is 22.3 Å². The first-order valence-electron chi connectivity index (χ1n) is 10.9. The van der Waals surface area contributed by atoms with Crippen LogP contribution in [0, 0.1) is 5.82 Å². The van der Waals surface area contributed by atoms with E-state index in [9.17, 15) is 18.8 Å². The molecule has 0 aliphatic carbocycles. The molecule has 2 N–H and O–H groups in total. The van der Waals surface area contributed by atoms with E-state index in [1.807, 2.05) is 30.3 Å². The highest BCUT2D eigenvalue weighted by molar-refractivity contribution is 8.15. The number of halogens is 1. The fraction of sp³-hybridized carbons (Fsp3) is 0.154. The van der Waals surface area contributed by atoms with Crippen molar-refractivity contribution in [3.63, 3.8) is 0 Å². The SMILES string of the molecule is O=C(C[C@@H]1SC(=Nc2ccc(F)cc2)N(CCc2ccccc2)C1=O)Nc1ccc(C(=O)O)cc1. The quantitative estimate of drug-likeness (QED) is 0.475. The first kappa shape index (κ1) is 24.2. The van der Waals surface area contributed by atoms with Crippen molar-refractivity contribution in [2.45, 2.75) is 18.1 Å². The van der Waals surface area contributed by atoms with Gasteiger partial charge >= 0.3 is 5.97 Å². The third-order valence-corrected chi connectivity index (χ3v) is 6.50. The number of anilines is 1. The highest BCUT2D eigenvalue weighted by Gasteiger charge is 2.39. The summed E-state index contributed by atoms with van der Waals surface area (Å²) < 4.78 is 13.3. The van der Waals surface area contributed by atoms with E-state index in [1.165, 1.54) is 60.3 Å². The number of carbonyl (C=O) groups excluding carboxylic acids is 2. The van der Waals surface area contributed by atoms with Gasteiger partial charge in [0, 0.05) is 18.7 Å². The number of hydrogen-bond donors (Lipinski definition) is 2. The molecule has 3 aromatic rings. The van der Waals surface area contributed by atoms with Crippen molar-refractivity contribution in [3.8, 4) is 0 Å². The molecule has 9 heteroatoms. The summed E-state index contributed by atoms with van der Waals surface area (Å²) in [5, 5.41) is 11.5. The molecule has 3 aromatic carbocycles. The van der Waals surface area contributed by atoms with Gasteiger partial charge in [0.2, 0.25) is 11.8 Å². The Morgan fingerprint density at radius 1 is 1.00 bits per heavy atom. The Balaban J connectivity index is 1.47. The van der Waals surface area contributed by atoms with Gasteiger partial charge in [-0.3, -0.25) is 14.5 Å². The van der Waals surface area contributed by atoms with E-state index < -0.39 is 11.2 Å². The number of hydrogen-bond acceptors (Lipinski definition) is 5. The molecular weight excluding hydrogens is 469 g/mol. The van der Waals surface area contributed by atoms with Gasteiger partial charge in [-0.2, -0.15) is 0 Å². The molecule has 2 amide bonds. The maximum absolute atomic E-state index is 13.3. The lowest BCUT2D eigenvalue weighted by atomic mass is 10.1. The van der Waals surface area contributed by atoms with Crippen LogP contribution in [0.2, 0.25) is 0 Å². The molecular formula is C26H22FN3O4S. The summed E-state index contributed by atoms with van der Waals surface area (Å²) >= 11 is 1.20. The number of aliphatic imine (C=N–C) groups is 1. The largest absolute Gasteiger partial charge is 0.478 e. The van der Waals surface area contributed by atoms with Crippen molar-refractivity contribution in [1.82, 2.24) is 4.90 Å². The molecule has 178 valence electrons. The van der Waals surface area contributed by atoms with Crippen LogP contribution in [0.4, 0.5) is 15.8 Å². The van der Waals surface area contributed by atoms with Crippen LogP contribution in [-0.4, -0.2) is 44.8 Å². The number of carboxylic acids is 1. The van der Waals surface area contributed by atoms with Crippen LogP contribution < -0.4 is 5.32 Å². The van der Waals surface area contributed by atoms with Crippen molar-refractivity contribution in [2.24, 2.45) is 4.99 Å². The van der Waals surface area contributed by atoms with E-state index in [1.54, 1.807) is 4.90 Å². The van der Waals surface area contributed by atoms with Crippen LogP contribution >= 0.6 is 11.8 Å². The van der Waals surface area contributed by atoms with Gasteiger partial charge in [-0.05, 0) is 60.5 Å². The lowest BCUT2D eigenvalue weighted by molar-refractivity contribution is -0.128. The van der Waals surface area contributed by atoms with Crippen LogP contribution in [0.5, 0.6) is 0 Å². The maximum atomic E-state index is 13.3. The number of benzene rings is 3. The predicted octanol–water partition coefficient (Wildman–Crippen LogP) is 4.73. The molecule has 1 aliphatic rings. The van der Waals surface area contributed by atoms with Gasteiger partial charge < -0.3 is 10.4 Å². The fourth-order valence-corrected chi connectivity index (χ4v) is 4.70. The number of aromatic carboxylic acids is 1. The second kappa shape index (κ2) is 11.0. The van der Waals surface area contributed by atoms with Crippen LogP contribution in [0.3, 0.4) is 0 Å². The maximum Gasteiger partial charge on any atom is 0.335 e. The fourth-order valence-electron chi connectivity index (χ4n) is 3.52. The Kier molecular flexibility index (Phi) is 7.57. The first-order valence-corrected chi connectivity index (χ1v) is 11.8. The minimum atomic E-state index is -1.06. The van der Waals surface area contributed by atoms with Gasteiger partial charge in [-0.1, -0.05) is 42.1 Å². The van der Waals surface area contributed by atoms with Gasteiger partial charge in [0.15, 0.2) is 5.17 Å². The molecule has 1 atom stereocenters. The Bertz CT molecular complexity index is 1250. The average Bonchev–Trinajstić information content (AvgIpc) is 3.13. The molecule has 0 radical (unpaired) electrons. The zero-order valence-corrected chi connectivity index (χ0v) is 19.4. The molecule has 0 bridgehead atoms. The average molecular weight is 492 g/mol. The monoisotopic (exact) mass is 491 g/mol. The topological polar surface area (TPSA) is 99.1 Å². The zero-order chi connectivity index (χ0) is 24.8. The molecule has 4 rings (SSSR count). The standard InChI is InChI=1S/C26H22FN3O4S/c27-19-8-12-21(13-9-19)29-26-30(15-14-17-4-2-1-3-5-17)24(32)22(35-26)16-23(31)28-20-10-6-18(7-11-20)25(33)34/h1-13,22H,14-16H2,(H,28,31)(H,33,34)/t22-/m0/s1. The molecule has 1 heterocycles. The highest BCUT2D eigenvalue weighted by atomic mass is 32.2. The number of carbonyl (C=O) groups is 3. The molecule has 1 saturated heterocycles. The molecule has 0 spiro atoms. The Morgan fingerprint density at radius 3 is 2.34 bits per heavy atom. The second-order valence-electron chi connectivity index (χ2n) is 7.84. The van der Waals surface area contributed by atoms with Crippen molar-refractivity contribution in [2.75, 3.05) is 11.9 Å². The number of nitrogens with zero attached hydrogens (tertiary/aromatic N) is 2. The van der Waals surface area contributed by atoms with Crippen molar-refractivity contribution >= 4 is 46.1 Å². The highest BCUT2D eigenvalue weighted by Crippen LogP contribution is 2.32. The van der Waals surface area contributed by atoms with Gasteiger partial charge in [0.05, 0.1) is 11.3 Å². The Labute approximate surface area is 205 Å². The number of rotatable bonds is 8. The summed E-state index contributed by atoms with van der Waals surface area (Å²) in [4.78, 5) is 42.9. The van der Waals surface area contributed by atoms with Gasteiger partial charge in [-0.15, -0.1) is 0 Å². The molecule has 1 fully saturated rings. The van der Waals surface area contributed by atoms with E-state index in [-0.39, 0.29) is 29.6 Å². The third-order valence-electron chi connectivity index (χ3n) is 5.32. The first-order chi connectivity index (χ1) is 16.9. The molecule has 0 saturated carbocycles. The van der Waals surface area contributed by atoms with Crippen molar-refractivity contribution < 1.29 is 23.9 Å². The number of amides is 2. The lowest BCUT2D eigenvalue weighted by Crippen LogP contribution is -2.35. The van der Waals surface area contributed by atoms with E-state index in [0.29, 0.717) is 29.5 Å². The van der Waals surface area contributed by atoms with Crippen LogP contribution in [-0.2, 0) is 16.0 Å². The number of nitrogens with one attached hydrogen (secondary N) is 1. The second-order valence-corrected chi connectivity index (χ2v) is 9.01. The van der Waals surface area contributed by atoms with E-state index in [0.717, 1.165) is 5.56 Å². The van der Waals surface area contributed by atoms with E-state index >= 15 is 0 Å². The summed E-state index contributed by atoms with van der Waals surface area (Å²) in [6, 6.07) is 21.2. The Morgan fingerprint density at radius 2 is 1.69 bits per heavy atom. The minimum absolute atomic E-state index is 0.0749. The summed E-state index contributed by atoms with van der Waals surface area (Å²) in [7, 11) is 0. The van der Waals surface area contributed by atoms with E-state index in [4.69, 9.17) is 5.11 Å². The molecule has 0 aromatic heterocycles. The molecule has 0 unspecified atom stereocenters. The molecule has 1 aliphatic heterocycles. The summed E-state index contributed by atoms with van der Waals surface area (Å²) in [5.74, 6) is -2.02. The van der Waals surface area contributed by atoms with Gasteiger partial charge in [-0.25, -0.2) is 14.2 Å². The third kappa shape index (κ3) is 6.33. The number of carboxylic acid groups (broad SMARTS) is 1. The number of thioether (sulfide) groups is 1. The predicted molar refractivity (Wildman–Crippen MR) is 133 cm³/mol. The van der Waals surface area contributed by atoms with Gasteiger partial charge in [0.1, 0.15) is 11.1 Å². The van der Waals surface area contributed by atoms with Crippen molar-refractivity contribution in [1.29, 1.82) is 0 Å². The molecule has 35 heavy (non-hydrogen) atoms. The summed E-state index contributed by atoms with van der Waals surface area (Å²) in [6.45, 7) is 0.393. The Hall–Kier alpha value is -3.98. The smallest absolute Gasteiger partial charge is 0.335 e. The lowest BCUT2D eigenvalue weighted by Gasteiger charge is -2.16. The van der Waals surface area contributed by atoms with Crippen LogP contribution in [0.15, 0.2) is 83.9 Å². The minimum Gasteiger partial charge on any atom is -0.478 e. The van der Waals surface area contributed by atoms with Gasteiger partial charge in [0.25, 0.3) is 0 Å². The summed E-state index contributed by atoms with van der Waals surface area (Å²) in [5.41, 5.74) is 2.13. The van der Waals surface area contributed by atoms with Crippen molar-refractivity contribution in [3.05, 3.63) is 95.8 Å². The number of amidine groups is 1. The van der Waals surface area contributed by atoms with E-state index in [2.05, 4.69) is 10.3 Å². The van der Waals surface area contributed by atoms with Crippen LogP contribution in [0.25, 0.3) is 0 Å². The normalized spacial score (nSPS) is 16.5. The summed E-state index contributed by atoms with van der Waals surface area (Å²) in [6.07, 6.45) is 0.541.